The number of urea groups is 1. The van der Waals surface area contributed by atoms with Gasteiger partial charge in [0.15, 0.2) is 0 Å². The zero-order valence-electron chi connectivity index (χ0n) is 18.3. The van der Waals surface area contributed by atoms with E-state index in [0.717, 1.165) is 33.9 Å². The molecule has 1 aliphatic heterocycles. The summed E-state index contributed by atoms with van der Waals surface area (Å²) in [4.78, 5) is 17.6. The molecular formula is C27H26N4O. The summed E-state index contributed by atoms with van der Waals surface area (Å²) in [5, 5.41) is 3.09. The molecule has 3 aromatic carbocycles. The predicted octanol–water partition coefficient (Wildman–Crippen LogP) is 5.68. The Morgan fingerprint density at radius 3 is 2.34 bits per heavy atom. The van der Waals surface area contributed by atoms with E-state index in [-0.39, 0.29) is 12.1 Å². The summed E-state index contributed by atoms with van der Waals surface area (Å²) in [5.41, 5.74) is 6.27. The van der Waals surface area contributed by atoms with Gasteiger partial charge in [0.05, 0.1) is 18.3 Å². The maximum Gasteiger partial charge on any atom is 0.322 e. The summed E-state index contributed by atoms with van der Waals surface area (Å²) < 4.78 is 2.20. The third-order valence-electron chi connectivity index (χ3n) is 5.98. The molecule has 1 aromatic heterocycles. The van der Waals surface area contributed by atoms with E-state index in [4.69, 9.17) is 0 Å². The summed E-state index contributed by atoms with van der Waals surface area (Å²) >= 11 is 0. The van der Waals surface area contributed by atoms with Gasteiger partial charge in [-0.05, 0) is 53.6 Å². The first-order valence-electron chi connectivity index (χ1n) is 10.8. The summed E-state index contributed by atoms with van der Waals surface area (Å²) in [6.45, 7) is 0.511. The fourth-order valence-corrected chi connectivity index (χ4v) is 4.36. The smallest absolute Gasteiger partial charge is 0.322 e. The second-order valence-electron chi connectivity index (χ2n) is 8.24. The van der Waals surface area contributed by atoms with E-state index in [9.17, 15) is 4.79 Å². The molecule has 0 bridgehead atoms. The van der Waals surface area contributed by atoms with E-state index in [1.54, 1.807) is 0 Å². The molecule has 0 fully saturated rings. The number of nitrogens with one attached hydrogen (secondary N) is 1. The second-order valence-corrected chi connectivity index (χ2v) is 8.24. The van der Waals surface area contributed by atoms with Crippen molar-refractivity contribution in [3.05, 3.63) is 114 Å². The molecule has 0 spiro atoms. The van der Waals surface area contributed by atoms with E-state index in [1.807, 2.05) is 67.5 Å². The third-order valence-corrected chi connectivity index (χ3v) is 5.98. The van der Waals surface area contributed by atoms with Crippen molar-refractivity contribution < 1.29 is 4.79 Å². The van der Waals surface area contributed by atoms with Gasteiger partial charge >= 0.3 is 6.03 Å². The molecule has 0 saturated carbocycles. The van der Waals surface area contributed by atoms with Crippen LogP contribution in [0.3, 0.4) is 0 Å². The number of carbonyl (C=O) groups is 1. The van der Waals surface area contributed by atoms with Crippen LogP contribution in [0.2, 0.25) is 0 Å². The van der Waals surface area contributed by atoms with Crippen LogP contribution in [-0.4, -0.2) is 29.6 Å². The molecule has 32 heavy (non-hydrogen) atoms. The Balaban J connectivity index is 1.62. The molecule has 1 atom stereocenters. The Hall–Kier alpha value is -3.99. The molecule has 5 rings (SSSR count). The second kappa shape index (κ2) is 8.27. The van der Waals surface area contributed by atoms with Gasteiger partial charge in [0, 0.05) is 37.4 Å². The van der Waals surface area contributed by atoms with E-state index in [1.165, 1.54) is 0 Å². The van der Waals surface area contributed by atoms with Crippen molar-refractivity contribution in [3.63, 3.8) is 0 Å². The zero-order chi connectivity index (χ0) is 22.1. The molecule has 0 saturated heterocycles. The van der Waals surface area contributed by atoms with E-state index < -0.39 is 0 Å². The minimum Gasteiger partial charge on any atom is -0.378 e. The molecule has 4 aromatic rings. The Kier molecular flexibility index (Phi) is 5.15. The molecule has 1 unspecified atom stereocenters. The highest BCUT2D eigenvalue weighted by Gasteiger charge is 2.33. The van der Waals surface area contributed by atoms with Crippen LogP contribution in [0.4, 0.5) is 16.2 Å². The van der Waals surface area contributed by atoms with Crippen LogP contribution < -0.4 is 10.2 Å². The number of rotatable bonds is 3. The van der Waals surface area contributed by atoms with Crippen molar-refractivity contribution >= 4 is 17.4 Å². The van der Waals surface area contributed by atoms with Crippen LogP contribution >= 0.6 is 0 Å². The lowest BCUT2D eigenvalue weighted by atomic mass is 10.0. The van der Waals surface area contributed by atoms with Gasteiger partial charge < -0.3 is 19.7 Å². The van der Waals surface area contributed by atoms with Crippen molar-refractivity contribution in [2.75, 3.05) is 24.3 Å². The number of hydrogen-bond donors (Lipinski definition) is 1. The van der Waals surface area contributed by atoms with E-state index in [2.05, 4.69) is 63.4 Å². The molecule has 160 valence electrons. The number of nitrogens with zero attached hydrogens (tertiary/aromatic N) is 3. The first kappa shape index (κ1) is 19.9. The number of carbonyl (C=O) groups excluding carboxylic acids is 1. The summed E-state index contributed by atoms with van der Waals surface area (Å²) in [6, 6.07) is 30.2. The normalized spacial score (nSPS) is 14.8. The van der Waals surface area contributed by atoms with Crippen molar-refractivity contribution in [2.45, 2.75) is 12.6 Å². The van der Waals surface area contributed by atoms with Crippen LogP contribution in [0.25, 0.3) is 5.69 Å². The first-order chi connectivity index (χ1) is 15.6. The minimum absolute atomic E-state index is 0.123. The minimum atomic E-state index is -0.225. The molecule has 2 heterocycles. The van der Waals surface area contributed by atoms with Crippen molar-refractivity contribution in [2.24, 2.45) is 0 Å². The Labute approximate surface area is 188 Å². The SMILES string of the molecule is CN(C)c1ccc(C2c3cccn3-c3ccccc3CN2C(=O)Nc2ccccc2)cc1. The Morgan fingerprint density at radius 1 is 0.875 bits per heavy atom. The summed E-state index contributed by atoms with van der Waals surface area (Å²) in [7, 11) is 4.06. The van der Waals surface area contributed by atoms with Gasteiger partial charge in [-0.25, -0.2) is 4.79 Å². The number of fused-ring (bicyclic) bond motifs is 3. The molecule has 5 heteroatoms. The lowest BCUT2D eigenvalue weighted by Crippen LogP contribution is -2.37. The zero-order valence-corrected chi connectivity index (χ0v) is 18.3. The van der Waals surface area contributed by atoms with Crippen molar-refractivity contribution in [1.82, 2.24) is 9.47 Å². The number of benzene rings is 3. The monoisotopic (exact) mass is 422 g/mol. The van der Waals surface area contributed by atoms with Crippen LogP contribution in [0.5, 0.6) is 0 Å². The van der Waals surface area contributed by atoms with Gasteiger partial charge in [-0.1, -0.05) is 48.5 Å². The van der Waals surface area contributed by atoms with E-state index >= 15 is 0 Å². The largest absolute Gasteiger partial charge is 0.378 e. The summed E-state index contributed by atoms with van der Waals surface area (Å²) in [5.74, 6) is 0. The van der Waals surface area contributed by atoms with Gasteiger partial charge in [-0.2, -0.15) is 0 Å². The predicted molar refractivity (Wildman–Crippen MR) is 129 cm³/mol. The molecular weight excluding hydrogens is 396 g/mol. The fourth-order valence-electron chi connectivity index (χ4n) is 4.36. The molecule has 2 amide bonds. The molecule has 0 radical (unpaired) electrons. The number of hydrogen-bond acceptors (Lipinski definition) is 2. The Bertz CT molecular complexity index is 1230. The van der Waals surface area contributed by atoms with Gasteiger partial charge in [0.25, 0.3) is 0 Å². The highest BCUT2D eigenvalue weighted by atomic mass is 16.2. The van der Waals surface area contributed by atoms with Gasteiger partial charge in [0.2, 0.25) is 0 Å². The number of amides is 2. The lowest BCUT2D eigenvalue weighted by molar-refractivity contribution is 0.194. The van der Waals surface area contributed by atoms with Crippen LogP contribution in [0.15, 0.2) is 97.2 Å². The van der Waals surface area contributed by atoms with Gasteiger partial charge in [-0.15, -0.1) is 0 Å². The number of para-hydroxylation sites is 2. The quantitative estimate of drug-likeness (QED) is 0.461. The molecule has 1 N–H and O–H groups in total. The number of anilines is 2. The summed E-state index contributed by atoms with van der Waals surface area (Å²) in [6.07, 6.45) is 2.08. The lowest BCUT2D eigenvalue weighted by Gasteiger charge is -2.31. The fraction of sp³-hybridized carbons (Fsp3) is 0.148. The number of aromatic nitrogens is 1. The first-order valence-corrected chi connectivity index (χ1v) is 10.8. The Morgan fingerprint density at radius 2 is 1.59 bits per heavy atom. The van der Waals surface area contributed by atoms with Crippen molar-refractivity contribution in [1.29, 1.82) is 0 Å². The standard InChI is InChI=1S/C27H26N4O/c1-29(2)23-16-14-20(15-17-23)26-25-13-8-18-30(25)24-12-7-6-9-21(24)19-31(26)27(32)28-22-10-4-3-5-11-22/h3-18,26H,19H2,1-2H3,(H,28,32). The highest BCUT2D eigenvalue weighted by molar-refractivity contribution is 5.90. The molecule has 1 aliphatic rings. The highest BCUT2D eigenvalue weighted by Crippen LogP contribution is 2.37. The van der Waals surface area contributed by atoms with Crippen LogP contribution in [0.1, 0.15) is 22.9 Å². The average molecular weight is 423 g/mol. The maximum atomic E-state index is 13.6. The topological polar surface area (TPSA) is 40.5 Å². The van der Waals surface area contributed by atoms with Gasteiger partial charge in [-0.3, -0.25) is 0 Å². The molecule has 5 nitrogen and oxygen atoms in total. The average Bonchev–Trinajstić information content (AvgIpc) is 3.24. The third kappa shape index (κ3) is 3.62. The molecule has 0 aliphatic carbocycles. The van der Waals surface area contributed by atoms with Crippen LogP contribution in [-0.2, 0) is 6.54 Å². The van der Waals surface area contributed by atoms with Gasteiger partial charge in [0.1, 0.15) is 0 Å². The van der Waals surface area contributed by atoms with E-state index in [0.29, 0.717) is 6.54 Å². The maximum absolute atomic E-state index is 13.6. The van der Waals surface area contributed by atoms with Crippen molar-refractivity contribution in [3.8, 4) is 5.69 Å². The van der Waals surface area contributed by atoms with Crippen LogP contribution in [0, 0.1) is 0 Å².